The standard InChI is InChI=1S/C27H25F2N7O2S/c1-35(2)13-5-27(38-9-13)3-4-36(12-27)26-33-7-15-16-10-37-11-17(16)19(21(29)22(15)34-26)23-20-14(6-30)25(31)39-24(20)18(28)8-32-23/h7-8,13H,3-5,9-12,31H2,1-2H3. The summed E-state index contributed by atoms with van der Waals surface area (Å²) in [4.78, 5) is 17.8. The fourth-order valence-electron chi connectivity index (χ4n) is 6.14. The van der Waals surface area contributed by atoms with Crippen molar-refractivity contribution in [2.45, 2.75) is 37.7 Å². The highest BCUT2D eigenvalue weighted by atomic mass is 32.1. The highest BCUT2D eigenvalue weighted by Crippen LogP contribution is 2.45. The van der Waals surface area contributed by atoms with E-state index in [9.17, 15) is 9.65 Å². The van der Waals surface area contributed by atoms with Crippen molar-refractivity contribution < 1.29 is 18.3 Å². The molecule has 3 aliphatic heterocycles. The zero-order valence-electron chi connectivity index (χ0n) is 21.4. The largest absolute Gasteiger partial charge is 0.389 e. The lowest BCUT2D eigenvalue weighted by Gasteiger charge is -2.24. The lowest BCUT2D eigenvalue weighted by atomic mass is 9.94. The summed E-state index contributed by atoms with van der Waals surface area (Å²) in [6.45, 7) is 2.43. The smallest absolute Gasteiger partial charge is 0.226 e. The molecule has 4 aromatic rings. The summed E-state index contributed by atoms with van der Waals surface area (Å²) >= 11 is 0.951. The first-order valence-electron chi connectivity index (χ1n) is 12.7. The second-order valence-electron chi connectivity index (χ2n) is 10.7. The number of benzene rings is 1. The van der Waals surface area contributed by atoms with Crippen LogP contribution in [0, 0.1) is 23.0 Å². The topological polar surface area (TPSA) is 113 Å². The van der Waals surface area contributed by atoms with Gasteiger partial charge in [-0.1, -0.05) is 0 Å². The highest BCUT2D eigenvalue weighted by molar-refractivity contribution is 7.23. The molecule has 0 radical (unpaired) electrons. The molecule has 39 heavy (non-hydrogen) atoms. The summed E-state index contributed by atoms with van der Waals surface area (Å²) in [5.41, 5.74) is 7.67. The number of anilines is 2. The number of nitriles is 1. The second-order valence-corrected chi connectivity index (χ2v) is 11.7. The summed E-state index contributed by atoms with van der Waals surface area (Å²) < 4.78 is 43.4. The van der Waals surface area contributed by atoms with E-state index in [1.807, 2.05) is 11.0 Å². The number of likely N-dealkylation sites (N-methyl/N-ethyl adjacent to an activating group) is 1. The third kappa shape index (κ3) is 3.61. The molecule has 2 unspecified atom stereocenters. The zero-order chi connectivity index (χ0) is 27.1. The number of hydrogen-bond acceptors (Lipinski definition) is 10. The third-order valence-electron chi connectivity index (χ3n) is 8.25. The van der Waals surface area contributed by atoms with Crippen LogP contribution in [0.1, 0.15) is 29.5 Å². The number of rotatable bonds is 3. The van der Waals surface area contributed by atoms with Gasteiger partial charge in [-0.2, -0.15) is 5.26 Å². The fraction of sp³-hybridized carbons (Fsp3) is 0.407. The van der Waals surface area contributed by atoms with Gasteiger partial charge in [-0.3, -0.25) is 4.98 Å². The van der Waals surface area contributed by atoms with Crippen LogP contribution in [0.3, 0.4) is 0 Å². The normalized spacial score (nSPS) is 22.6. The van der Waals surface area contributed by atoms with Crippen LogP contribution in [0.5, 0.6) is 0 Å². The van der Waals surface area contributed by atoms with Gasteiger partial charge in [0.05, 0.1) is 47.6 Å². The SMILES string of the molecule is CN(C)C1COC2(CCN(c3ncc4c5c(c(-c6ncc(F)c7sc(N)c(C#N)c67)c(F)c4n3)COC5)C2)C1. The van der Waals surface area contributed by atoms with E-state index in [0.29, 0.717) is 42.6 Å². The van der Waals surface area contributed by atoms with E-state index in [0.717, 1.165) is 35.9 Å². The van der Waals surface area contributed by atoms with Crippen LogP contribution in [0.15, 0.2) is 12.4 Å². The Labute approximate surface area is 226 Å². The molecule has 0 amide bonds. The molecule has 0 saturated carbocycles. The molecule has 0 bridgehead atoms. The van der Waals surface area contributed by atoms with Crippen molar-refractivity contribution in [3.05, 3.63) is 40.7 Å². The Morgan fingerprint density at radius 2 is 2.05 bits per heavy atom. The minimum atomic E-state index is -0.612. The van der Waals surface area contributed by atoms with Crippen LogP contribution in [-0.2, 0) is 22.7 Å². The number of halogens is 2. The van der Waals surface area contributed by atoms with Crippen LogP contribution in [0.2, 0.25) is 0 Å². The quantitative estimate of drug-likeness (QED) is 0.406. The molecule has 2 atom stereocenters. The Morgan fingerprint density at radius 3 is 2.82 bits per heavy atom. The molecule has 3 aromatic heterocycles. The monoisotopic (exact) mass is 549 g/mol. The first-order valence-corrected chi connectivity index (χ1v) is 13.5. The lowest BCUT2D eigenvalue weighted by molar-refractivity contribution is 0.0211. The second kappa shape index (κ2) is 8.76. The Kier molecular flexibility index (Phi) is 5.51. The van der Waals surface area contributed by atoms with E-state index < -0.39 is 11.6 Å². The van der Waals surface area contributed by atoms with Crippen molar-refractivity contribution >= 4 is 43.3 Å². The molecule has 2 saturated heterocycles. The van der Waals surface area contributed by atoms with Crippen LogP contribution >= 0.6 is 11.3 Å². The minimum absolute atomic E-state index is 0.0856. The Hall–Kier alpha value is -3.50. The Bertz CT molecular complexity index is 1720. The molecule has 2 N–H and O–H groups in total. The van der Waals surface area contributed by atoms with E-state index in [4.69, 9.17) is 20.2 Å². The molecule has 2 fully saturated rings. The molecule has 0 aliphatic carbocycles. The molecular weight excluding hydrogens is 524 g/mol. The van der Waals surface area contributed by atoms with E-state index in [-0.39, 0.29) is 56.2 Å². The molecule has 1 aromatic carbocycles. The molecule has 9 nitrogen and oxygen atoms in total. The Balaban J connectivity index is 1.37. The highest BCUT2D eigenvalue weighted by Gasteiger charge is 2.46. The van der Waals surface area contributed by atoms with Crippen molar-refractivity contribution in [1.82, 2.24) is 19.9 Å². The zero-order valence-corrected chi connectivity index (χ0v) is 22.2. The number of hydrogen-bond donors (Lipinski definition) is 1. The van der Waals surface area contributed by atoms with Gasteiger partial charge < -0.3 is 25.0 Å². The molecular formula is C27H25F2N7O2S. The summed E-state index contributed by atoms with van der Waals surface area (Å²) in [6, 6.07) is 2.39. The van der Waals surface area contributed by atoms with Gasteiger partial charge in [0.2, 0.25) is 5.95 Å². The molecule has 200 valence electrons. The fourth-order valence-corrected chi connectivity index (χ4v) is 7.06. The molecule has 6 heterocycles. The van der Waals surface area contributed by atoms with Crippen molar-refractivity contribution in [2.24, 2.45) is 0 Å². The van der Waals surface area contributed by atoms with Crippen LogP contribution in [-0.4, -0.2) is 65.3 Å². The van der Waals surface area contributed by atoms with Gasteiger partial charge in [-0.25, -0.2) is 18.7 Å². The van der Waals surface area contributed by atoms with Gasteiger partial charge in [-0.15, -0.1) is 11.3 Å². The number of pyridine rings is 1. The van der Waals surface area contributed by atoms with Gasteiger partial charge in [0.25, 0.3) is 0 Å². The number of ether oxygens (including phenoxy) is 2. The first-order chi connectivity index (χ1) is 18.8. The summed E-state index contributed by atoms with van der Waals surface area (Å²) in [5.74, 6) is -0.792. The molecule has 1 spiro atoms. The van der Waals surface area contributed by atoms with E-state index >= 15 is 4.39 Å². The number of nitrogens with zero attached hydrogens (tertiary/aromatic N) is 6. The molecule has 7 rings (SSSR count). The van der Waals surface area contributed by atoms with Crippen molar-refractivity contribution in [2.75, 3.05) is 44.4 Å². The molecule has 12 heteroatoms. The summed E-state index contributed by atoms with van der Waals surface area (Å²) in [7, 11) is 4.12. The maximum atomic E-state index is 16.5. The predicted molar refractivity (Wildman–Crippen MR) is 143 cm³/mol. The van der Waals surface area contributed by atoms with Gasteiger partial charge in [0, 0.05) is 41.7 Å². The van der Waals surface area contributed by atoms with E-state index in [1.165, 1.54) is 0 Å². The Morgan fingerprint density at radius 1 is 1.23 bits per heavy atom. The van der Waals surface area contributed by atoms with E-state index in [2.05, 4.69) is 29.0 Å². The maximum Gasteiger partial charge on any atom is 0.226 e. The van der Waals surface area contributed by atoms with Crippen LogP contribution in [0.4, 0.5) is 19.7 Å². The van der Waals surface area contributed by atoms with Crippen molar-refractivity contribution in [3.63, 3.8) is 0 Å². The lowest BCUT2D eigenvalue weighted by Crippen LogP contribution is -2.35. The van der Waals surface area contributed by atoms with Gasteiger partial charge in [0.15, 0.2) is 11.6 Å². The number of aromatic nitrogens is 3. The van der Waals surface area contributed by atoms with Gasteiger partial charge >= 0.3 is 0 Å². The van der Waals surface area contributed by atoms with Crippen molar-refractivity contribution in [1.29, 1.82) is 5.26 Å². The van der Waals surface area contributed by atoms with Gasteiger partial charge in [0.1, 0.15) is 16.6 Å². The van der Waals surface area contributed by atoms with Crippen LogP contribution < -0.4 is 10.6 Å². The number of nitrogens with two attached hydrogens (primary N) is 1. The predicted octanol–water partition coefficient (Wildman–Crippen LogP) is 3.97. The molecule has 3 aliphatic rings. The van der Waals surface area contributed by atoms with E-state index in [1.54, 1.807) is 6.20 Å². The third-order valence-corrected chi connectivity index (χ3v) is 9.28. The minimum Gasteiger partial charge on any atom is -0.389 e. The average molecular weight is 550 g/mol. The van der Waals surface area contributed by atoms with Gasteiger partial charge in [-0.05, 0) is 38.1 Å². The summed E-state index contributed by atoms with van der Waals surface area (Å²) in [5, 5.41) is 10.7. The first kappa shape index (κ1) is 24.5. The number of thiophene rings is 1. The number of nitrogen functional groups attached to an aromatic ring is 1. The maximum absolute atomic E-state index is 16.5. The number of fused-ring (bicyclic) bond motifs is 4. The van der Waals surface area contributed by atoms with Crippen molar-refractivity contribution in [3.8, 4) is 17.3 Å². The van der Waals surface area contributed by atoms with Crippen LogP contribution in [0.25, 0.3) is 32.2 Å². The summed E-state index contributed by atoms with van der Waals surface area (Å²) in [6.07, 6.45) is 4.46. The average Bonchev–Trinajstić information content (AvgIpc) is 3.72.